The van der Waals surface area contributed by atoms with Gasteiger partial charge in [0.25, 0.3) is 5.69 Å². The molecule has 0 spiro atoms. The van der Waals surface area contributed by atoms with E-state index in [4.69, 9.17) is 4.74 Å². The first-order chi connectivity index (χ1) is 11.6. The van der Waals surface area contributed by atoms with Crippen LogP contribution in [0.5, 0.6) is 0 Å². The third-order valence-electron chi connectivity index (χ3n) is 4.22. The van der Waals surface area contributed by atoms with Crippen molar-refractivity contribution < 1.29 is 14.5 Å². The van der Waals surface area contributed by atoms with Crippen LogP contribution in [0.1, 0.15) is 22.0 Å². The van der Waals surface area contributed by atoms with Crippen molar-refractivity contribution >= 4 is 22.2 Å². The van der Waals surface area contributed by atoms with Crippen LogP contribution in [0, 0.1) is 10.1 Å². The summed E-state index contributed by atoms with van der Waals surface area (Å²) in [6.45, 7) is 0. The van der Waals surface area contributed by atoms with Gasteiger partial charge in [-0.1, -0.05) is 36.4 Å². The summed E-state index contributed by atoms with van der Waals surface area (Å²) in [6.07, 6.45) is -0.850. The predicted molar refractivity (Wildman–Crippen MR) is 89.0 cm³/mol. The lowest BCUT2D eigenvalue weighted by atomic mass is 10.00. The van der Waals surface area contributed by atoms with E-state index in [1.807, 2.05) is 36.4 Å². The van der Waals surface area contributed by atoms with Gasteiger partial charge in [0.1, 0.15) is 6.10 Å². The molecule has 3 aromatic rings. The molecule has 24 heavy (non-hydrogen) atoms. The average Bonchev–Trinajstić information content (AvgIpc) is 3.41. The number of ketones is 1. The monoisotopic (exact) mass is 319 g/mol. The van der Waals surface area contributed by atoms with Gasteiger partial charge in [-0.15, -0.1) is 0 Å². The van der Waals surface area contributed by atoms with Crippen LogP contribution in [0.4, 0.5) is 5.69 Å². The Bertz CT molecular complexity index is 949. The van der Waals surface area contributed by atoms with Crippen LogP contribution >= 0.6 is 0 Å². The molecule has 0 saturated carbocycles. The van der Waals surface area contributed by atoms with Crippen molar-refractivity contribution in [1.82, 2.24) is 0 Å². The average molecular weight is 319 g/mol. The van der Waals surface area contributed by atoms with E-state index in [0.29, 0.717) is 5.56 Å². The second-order valence-electron chi connectivity index (χ2n) is 5.75. The van der Waals surface area contributed by atoms with Gasteiger partial charge in [-0.25, -0.2) is 0 Å². The van der Waals surface area contributed by atoms with E-state index in [2.05, 4.69) is 0 Å². The molecule has 1 heterocycles. The zero-order valence-corrected chi connectivity index (χ0v) is 12.6. The van der Waals surface area contributed by atoms with Crippen molar-refractivity contribution in [2.24, 2.45) is 0 Å². The first-order valence-electron chi connectivity index (χ1n) is 7.56. The van der Waals surface area contributed by atoms with Crippen LogP contribution in [-0.4, -0.2) is 16.8 Å². The normalized spacial score (nSPS) is 19.2. The zero-order chi connectivity index (χ0) is 16.7. The maximum absolute atomic E-state index is 12.6. The molecule has 5 heteroatoms. The Balaban J connectivity index is 1.54. The number of Topliss-reactive ketones (excluding diaryl/α,β-unsaturated/α-hetero) is 1. The van der Waals surface area contributed by atoms with E-state index in [0.717, 1.165) is 16.3 Å². The summed E-state index contributed by atoms with van der Waals surface area (Å²) in [6, 6.07) is 19.6. The first kappa shape index (κ1) is 14.5. The van der Waals surface area contributed by atoms with Crippen LogP contribution in [0.25, 0.3) is 10.8 Å². The molecule has 0 unspecified atom stereocenters. The summed E-state index contributed by atoms with van der Waals surface area (Å²) < 4.78 is 5.51. The molecular formula is C19H13NO4. The number of fused-ring (bicyclic) bond motifs is 1. The molecular weight excluding hydrogens is 306 g/mol. The highest BCUT2D eigenvalue weighted by atomic mass is 16.6. The number of carbonyl (C=O) groups excluding carboxylic acids is 1. The van der Waals surface area contributed by atoms with Crippen molar-refractivity contribution in [3.05, 3.63) is 88.0 Å². The van der Waals surface area contributed by atoms with Gasteiger partial charge >= 0.3 is 0 Å². The fourth-order valence-corrected chi connectivity index (χ4v) is 2.86. The molecule has 1 saturated heterocycles. The van der Waals surface area contributed by atoms with Crippen LogP contribution in [0.2, 0.25) is 0 Å². The molecule has 0 radical (unpaired) electrons. The van der Waals surface area contributed by atoms with Crippen molar-refractivity contribution in [1.29, 1.82) is 0 Å². The molecule has 1 aliphatic heterocycles. The summed E-state index contributed by atoms with van der Waals surface area (Å²) in [5, 5.41) is 12.8. The van der Waals surface area contributed by atoms with Crippen molar-refractivity contribution in [2.45, 2.75) is 12.2 Å². The summed E-state index contributed by atoms with van der Waals surface area (Å²) in [4.78, 5) is 22.8. The fraction of sp³-hybridized carbons (Fsp3) is 0.105. The lowest BCUT2D eigenvalue weighted by Crippen LogP contribution is -2.08. The highest BCUT2D eigenvalue weighted by molar-refractivity contribution is 6.04. The van der Waals surface area contributed by atoms with Gasteiger partial charge in [-0.05, 0) is 34.5 Å². The van der Waals surface area contributed by atoms with Crippen molar-refractivity contribution in [3.63, 3.8) is 0 Å². The number of ether oxygens (including phenoxy) is 1. The van der Waals surface area contributed by atoms with Crippen molar-refractivity contribution in [3.8, 4) is 0 Å². The van der Waals surface area contributed by atoms with E-state index >= 15 is 0 Å². The molecule has 0 bridgehead atoms. The second kappa shape index (κ2) is 5.54. The molecule has 4 rings (SSSR count). The Labute approximate surface area is 137 Å². The summed E-state index contributed by atoms with van der Waals surface area (Å²) in [7, 11) is 0. The highest BCUT2D eigenvalue weighted by Crippen LogP contribution is 2.41. The number of hydrogen-bond donors (Lipinski definition) is 0. The standard InChI is InChI=1S/C19H13NO4/c21-17(15-6-5-12-3-1-2-4-14(12)11-15)19-18(24-19)13-7-9-16(10-8-13)20(22)23/h1-11,18-19H/t18-,19-/m1/s1. The molecule has 5 nitrogen and oxygen atoms in total. The third-order valence-corrected chi connectivity index (χ3v) is 4.22. The minimum Gasteiger partial charge on any atom is -0.356 e. The SMILES string of the molecule is O=C(c1ccc2ccccc2c1)[C@H]1O[C@@H]1c1ccc([N+](=O)[O-])cc1. The minimum atomic E-state index is -0.521. The summed E-state index contributed by atoms with van der Waals surface area (Å²) in [5.74, 6) is -0.0656. The molecule has 1 aliphatic rings. The number of non-ortho nitro benzene ring substituents is 1. The van der Waals surface area contributed by atoms with E-state index in [1.54, 1.807) is 18.2 Å². The van der Waals surface area contributed by atoms with Crippen LogP contribution < -0.4 is 0 Å². The molecule has 1 fully saturated rings. The predicted octanol–water partition coefficient (Wildman–Crippen LogP) is 4.07. The van der Waals surface area contributed by atoms with E-state index in [9.17, 15) is 14.9 Å². The van der Waals surface area contributed by atoms with Gasteiger partial charge in [0.2, 0.25) is 0 Å². The number of carbonyl (C=O) groups is 1. The van der Waals surface area contributed by atoms with Crippen LogP contribution in [-0.2, 0) is 4.74 Å². The Morgan fingerprint density at radius 2 is 1.67 bits per heavy atom. The number of nitrogens with zero attached hydrogens (tertiary/aromatic N) is 1. The molecule has 3 aromatic carbocycles. The first-order valence-corrected chi connectivity index (χ1v) is 7.56. The number of epoxide rings is 1. The maximum atomic E-state index is 12.6. The zero-order valence-electron chi connectivity index (χ0n) is 12.6. The smallest absolute Gasteiger partial charge is 0.269 e. The van der Waals surface area contributed by atoms with E-state index in [-0.39, 0.29) is 17.6 Å². The van der Waals surface area contributed by atoms with E-state index in [1.165, 1.54) is 12.1 Å². The number of benzene rings is 3. The third kappa shape index (κ3) is 2.55. The molecule has 0 N–H and O–H groups in total. The lowest BCUT2D eigenvalue weighted by Gasteiger charge is -2.01. The van der Waals surface area contributed by atoms with Gasteiger partial charge in [0, 0.05) is 17.7 Å². The Morgan fingerprint density at radius 3 is 2.38 bits per heavy atom. The van der Waals surface area contributed by atoms with Crippen LogP contribution in [0.15, 0.2) is 66.7 Å². The topological polar surface area (TPSA) is 72.7 Å². The van der Waals surface area contributed by atoms with Gasteiger partial charge < -0.3 is 4.74 Å². The lowest BCUT2D eigenvalue weighted by molar-refractivity contribution is -0.384. The molecule has 0 amide bonds. The number of rotatable bonds is 4. The van der Waals surface area contributed by atoms with Gasteiger partial charge in [-0.2, -0.15) is 0 Å². The summed E-state index contributed by atoms with van der Waals surface area (Å²) in [5.41, 5.74) is 1.42. The summed E-state index contributed by atoms with van der Waals surface area (Å²) >= 11 is 0. The number of hydrogen-bond acceptors (Lipinski definition) is 4. The Morgan fingerprint density at radius 1 is 0.958 bits per heavy atom. The highest BCUT2D eigenvalue weighted by Gasteiger charge is 2.46. The van der Waals surface area contributed by atoms with Gasteiger partial charge in [0.15, 0.2) is 11.9 Å². The molecule has 118 valence electrons. The fourth-order valence-electron chi connectivity index (χ4n) is 2.86. The number of nitro benzene ring substituents is 1. The second-order valence-corrected chi connectivity index (χ2v) is 5.75. The molecule has 0 aliphatic carbocycles. The largest absolute Gasteiger partial charge is 0.356 e. The van der Waals surface area contributed by atoms with E-state index < -0.39 is 11.0 Å². The van der Waals surface area contributed by atoms with Crippen LogP contribution in [0.3, 0.4) is 0 Å². The Kier molecular flexibility index (Phi) is 3.36. The Hall–Kier alpha value is -3.05. The number of nitro groups is 1. The minimum absolute atomic E-state index is 0.0248. The quantitative estimate of drug-likeness (QED) is 0.314. The van der Waals surface area contributed by atoms with Gasteiger partial charge in [0.05, 0.1) is 4.92 Å². The maximum Gasteiger partial charge on any atom is 0.269 e. The molecule has 2 atom stereocenters. The molecule has 0 aromatic heterocycles. The van der Waals surface area contributed by atoms with Gasteiger partial charge in [-0.3, -0.25) is 14.9 Å². The van der Waals surface area contributed by atoms with Crippen molar-refractivity contribution in [2.75, 3.05) is 0 Å².